The number of halogens is 1. The molecule has 4 nitrogen and oxygen atoms in total. The van der Waals surface area contributed by atoms with E-state index in [9.17, 15) is 9.18 Å². The van der Waals surface area contributed by atoms with Crippen molar-refractivity contribution in [3.8, 4) is 0 Å². The quantitative estimate of drug-likeness (QED) is 0.884. The number of anilines is 2. The smallest absolute Gasteiger partial charge is 0.257 e. The summed E-state index contributed by atoms with van der Waals surface area (Å²) in [4.78, 5) is 18.4. The fraction of sp³-hybridized carbons (Fsp3) is 0.294. The number of pyridine rings is 1. The lowest BCUT2D eigenvalue weighted by atomic mass is 10.2. The molecule has 0 aliphatic rings. The van der Waals surface area contributed by atoms with E-state index in [0.717, 1.165) is 25.1 Å². The average molecular weight is 301 g/mol. The minimum atomic E-state index is -0.334. The summed E-state index contributed by atoms with van der Waals surface area (Å²) in [5.74, 6) is -0.593. The number of rotatable bonds is 6. The molecule has 2 rings (SSSR count). The standard InChI is InChI=1S/C17H20FN3O/c1-3-4-9-21(2)16-10-13(11-19-12-16)17(22)20-15-7-5-14(18)6-8-15/h5-8,10-12H,3-4,9H2,1-2H3,(H,20,22). The van der Waals surface area contributed by atoms with Crippen LogP contribution in [0.15, 0.2) is 42.7 Å². The van der Waals surface area contributed by atoms with Gasteiger partial charge in [-0.1, -0.05) is 13.3 Å². The van der Waals surface area contributed by atoms with E-state index in [2.05, 4.69) is 22.1 Å². The van der Waals surface area contributed by atoms with Crippen molar-refractivity contribution < 1.29 is 9.18 Å². The third-order valence-electron chi connectivity index (χ3n) is 3.38. The largest absolute Gasteiger partial charge is 0.373 e. The predicted octanol–water partition coefficient (Wildman–Crippen LogP) is 3.71. The molecule has 5 heteroatoms. The highest BCUT2D eigenvalue weighted by atomic mass is 19.1. The Morgan fingerprint density at radius 2 is 2.00 bits per heavy atom. The molecule has 2 aromatic rings. The van der Waals surface area contributed by atoms with Gasteiger partial charge in [-0.15, -0.1) is 0 Å². The highest BCUT2D eigenvalue weighted by Crippen LogP contribution is 2.15. The number of unbranched alkanes of at least 4 members (excludes halogenated alkanes) is 1. The zero-order chi connectivity index (χ0) is 15.9. The Morgan fingerprint density at radius 3 is 2.68 bits per heavy atom. The lowest BCUT2D eigenvalue weighted by Gasteiger charge is -2.19. The van der Waals surface area contributed by atoms with Gasteiger partial charge in [-0.2, -0.15) is 0 Å². The number of hydrogen-bond donors (Lipinski definition) is 1. The first-order valence-corrected chi connectivity index (χ1v) is 7.33. The van der Waals surface area contributed by atoms with Crippen molar-refractivity contribution in [2.24, 2.45) is 0 Å². The van der Waals surface area contributed by atoms with Gasteiger partial charge < -0.3 is 10.2 Å². The number of carbonyl (C=O) groups is 1. The Morgan fingerprint density at radius 1 is 1.27 bits per heavy atom. The van der Waals surface area contributed by atoms with Crippen LogP contribution in [0, 0.1) is 5.82 Å². The molecular weight excluding hydrogens is 281 g/mol. The molecule has 0 unspecified atom stereocenters. The van der Waals surface area contributed by atoms with Crippen LogP contribution in [0.1, 0.15) is 30.1 Å². The van der Waals surface area contributed by atoms with E-state index < -0.39 is 0 Å². The zero-order valence-corrected chi connectivity index (χ0v) is 12.8. The van der Waals surface area contributed by atoms with Gasteiger partial charge in [-0.05, 0) is 36.8 Å². The Bertz CT molecular complexity index is 628. The van der Waals surface area contributed by atoms with E-state index in [4.69, 9.17) is 0 Å². The summed E-state index contributed by atoms with van der Waals surface area (Å²) in [7, 11) is 1.98. The van der Waals surface area contributed by atoms with Crippen LogP contribution < -0.4 is 10.2 Å². The lowest BCUT2D eigenvalue weighted by Crippen LogP contribution is -2.19. The number of hydrogen-bond acceptors (Lipinski definition) is 3. The van der Waals surface area contributed by atoms with Crippen molar-refractivity contribution in [2.75, 3.05) is 23.8 Å². The third kappa shape index (κ3) is 4.28. The van der Waals surface area contributed by atoms with E-state index in [1.165, 1.54) is 30.5 Å². The molecule has 0 spiro atoms. The van der Waals surface area contributed by atoms with Crippen LogP contribution in [0.3, 0.4) is 0 Å². The molecule has 1 heterocycles. The second kappa shape index (κ2) is 7.54. The monoisotopic (exact) mass is 301 g/mol. The number of nitrogens with zero attached hydrogens (tertiary/aromatic N) is 2. The normalized spacial score (nSPS) is 10.3. The minimum absolute atomic E-state index is 0.259. The molecule has 22 heavy (non-hydrogen) atoms. The van der Waals surface area contributed by atoms with Gasteiger partial charge in [0.2, 0.25) is 0 Å². The zero-order valence-electron chi connectivity index (χ0n) is 12.8. The van der Waals surface area contributed by atoms with Gasteiger partial charge in [-0.3, -0.25) is 9.78 Å². The molecular formula is C17H20FN3O. The highest BCUT2D eigenvalue weighted by molar-refractivity contribution is 6.04. The summed E-state index contributed by atoms with van der Waals surface area (Å²) in [6, 6.07) is 7.48. The molecule has 1 amide bonds. The SMILES string of the molecule is CCCCN(C)c1cncc(C(=O)Nc2ccc(F)cc2)c1. The molecule has 0 saturated carbocycles. The van der Waals surface area contributed by atoms with E-state index in [1.54, 1.807) is 6.20 Å². The van der Waals surface area contributed by atoms with Crippen molar-refractivity contribution in [2.45, 2.75) is 19.8 Å². The van der Waals surface area contributed by atoms with E-state index in [1.807, 2.05) is 13.1 Å². The topological polar surface area (TPSA) is 45.2 Å². The fourth-order valence-corrected chi connectivity index (χ4v) is 2.02. The Balaban J connectivity index is 2.08. The number of nitrogens with one attached hydrogen (secondary N) is 1. The second-order valence-corrected chi connectivity index (χ2v) is 5.17. The predicted molar refractivity (Wildman–Crippen MR) is 86.8 cm³/mol. The number of aromatic nitrogens is 1. The first-order valence-electron chi connectivity index (χ1n) is 7.33. The number of carbonyl (C=O) groups excluding carboxylic acids is 1. The molecule has 0 radical (unpaired) electrons. The van der Waals surface area contributed by atoms with E-state index >= 15 is 0 Å². The summed E-state index contributed by atoms with van der Waals surface area (Å²) in [5, 5.41) is 2.73. The number of benzene rings is 1. The van der Waals surface area contributed by atoms with Crippen LogP contribution in [0.5, 0.6) is 0 Å². The van der Waals surface area contributed by atoms with Crippen LogP contribution in [-0.4, -0.2) is 24.5 Å². The van der Waals surface area contributed by atoms with Gasteiger partial charge in [-0.25, -0.2) is 4.39 Å². The minimum Gasteiger partial charge on any atom is -0.373 e. The van der Waals surface area contributed by atoms with Crippen molar-refractivity contribution >= 4 is 17.3 Å². The van der Waals surface area contributed by atoms with Crippen LogP contribution in [0.25, 0.3) is 0 Å². The Hall–Kier alpha value is -2.43. The molecule has 0 fully saturated rings. The van der Waals surface area contributed by atoms with Crippen molar-refractivity contribution in [1.82, 2.24) is 4.98 Å². The van der Waals surface area contributed by atoms with Gasteiger partial charge in [0.05, 0.1) is 17.4 Å². The van der Waals surface area contributed by atoms with Gasteiger partial charge in [0.15, 0.2) is 0 Å². The maximum atomic E-state index is 12.9. The molecule has 0 atom stereocenters. The van der Waals surface area contributed by atoms with Crippen LogP contribution in [-0.2, 0) is 0 Å². The van der Waals surface area contributed by atoms with Gasteiger partial charge >= 0.3 is 0 Å². The van der Waals surface area contributed by atoms with Crippen LogP contribution in [0.4, 0.5) is 15.8 Å². The van der Waals surface area contributed by atoms with E-state index in [-0.39, 0.29) is 11.7 Å². The Kier molecular flexibility index (Phi) is 5.47. The lowest BCUT2D eigenvalue weighted by molar-refractivity contribution is 0.102. The summed E-state index contributed by atoms with van der Waals surface area (Å²) < 4.78 is 12.9. The maximum Gasteiger partial charge on any atom is 0.257 e. The molecule has 0 saturated heterocycles. The first-order chi connectivity index (χ1) is 10.6. The molecule has 0 bridgehead atoms. The second-order valence-electron chi connectivity index (χ2n) is 5.17. The summed E-state index contributed by atoms with van der Waals surface area (Å²) in [6.07, 6.45) is 5.46. The Labute approximate surface area is 130 Å². The average Bonchev–Trinajstić information content (AvgIpc) is 2.54. The molecule has 1 aromatic carbocycles. The molecule has 116 valence electrons. The summed E-state index contributed by atoms with van der Waals surface area (Å²) in [6.45, 7) is 3.06. The molecule has 1 aromatic heterocycles. The first kappa shape index (κ1) is 15.9. The maximum absolute atomic E-state index is 12.9. The van der Waals surface area contributed by atoms with Crippen LogP contribution >= 0.6 is 0 Å². The van der Waals surface area contributed by atoms with Gasteiger partial charge in [0, 0.05) is 25.5 Å². The third-order valence-corrected chi connectivity index (χ3v) is 3.38. The van der Waals surface area contributed by atoms with Gasteiger partial charge in [0.25, 0.3) is 5.91 Å². The van der Waals surface area contributed by atoms with Crippen molar-refractivity contribution in [1.29, 1.82) is 0 Å². The number of amides is 1. The van der Waals surface area contributed by atoms with Crippen LogP contribution in [0.2, 0.25) is 0 Å². The molecule has 0 aliphatic heterocycles. The highest BCUT2D eigenvalue weighted by Gasteiger charge is 2.09. The molecule has 0 aliphatic carbocycles. The van der Waals surface area contributed by atoms with Crippen molar-refractivity contribution in [3.05, 3.63) is 54.1 Å². The summed E-state index contributed by atoms with van der Waals surface area (Å²) in [5.41, 5.74) is 1.93. The molecule has 1 N–H and O–H groups in total. The van der Waals surface area contributed by atoms with Gasteiger partial charge in [0.1, 0.15) is 5.82 Å². The van der Waals surface area contributed by atoms with E-state index in [0.29, 0.717) is 11.3 Å². The van der Waals surface area contributed by atoms with Crippen molar-refractivity contribution in [3.63, 3.8) is 0 Å². The summed E-state index contributed by atoms with van der Waals surface area (Å²) >= 11 is 0. The fourth-order valence-electron chi connectivity index (χ4n) is 2.02.